The van der Waals surface area contributed by atoms with Gasteiger partial charge in [0.25, 0.3) is 0 Å². The van der Waals surface area contributed by atoms with Gasteiger partial charge in [0.2, 0.25) is 5.91 Å². The molecule has 1 aliphatic heterocycles. The molecular formula is C30H32ClNO4. The van der Waals surface area contributed by atoms with Crippen molar-refractivity contribution in [3.63, 3.8) is 0 Å². The lowest BCUT2D eigenvalue weighted by molar-refractivity contribution is -0.126. The molecule has 1 heterocycles. The van der Waals surface area contributed by atoms with Crippen molar-refractivity contribution in [2.24, 2.45) is 5.92 Å². The van der Waals surface area contributed by atoms with Crippen LogP contribution in [0.5, 0.6) is 23.0 Å². The molecule has 0 aromatic heterocycles. The molecule has 3 aromatic carbocycles. The molecule has 2 aliphatic rings. The lowest BCUT2D eigenvalue weighted by Gasteiger charge is -2.30. The second kappa shape index (κ2) is 11.3. The van der Waals surface area contributed by atoms with Gasteiger partial charge in [-0.25, -0.2) is 0 Å². The molecule has 3 aromatic rings. The van der Waals surface area contributed by atoms with E-state index in [0.29, 0.717) is 18.0 Å². The van der Waals surface area contributed by atoms with E-state index in [1.807, 2.05) is 42.5 Å². The Labute approximate surface area is 217 Å². The summed E-state index contributed by atoms with van der Waals surface area (Å²) in [4.78, 5) is 12.8. The smallest absolute Gasteiger partial charge is 0.223 e. The van der Waals surface area contributed by atoms with Gasteiger partial charge in [-0.05, 0) is 98.2 Å². The van der Waals surface area contributed by atoms with Crippen LogP contribution in [0.25, 0.3) is 0 Å². The zero-order valence-electron chi connectivity index (χ0n) is 20.5. The molecule has 1 N–H and O–H groups in total. The Morgan fingerprint density at radius 3 is 2.53 bits per heavy atom. The second-order valence-electron chi connectivity index (χ2n) is 9.72. The average molecular weight is 506 g/mol. The zero-order chi connectivity index (χ0) is 24.9. The van der Waals surface area contributed by atoms with Gasteiger partial charge in [-0.1, -0.05) is 29.8 Å². The fraction of sp³-hybridized carbons (Fsp3) is 0.367. The van der Waals surface area contributed by atoms with Gasteiger partial charge in [-0.3, -0.25) is 4.79 Å². The monoisotopic (exact) mass is 505 g/mol. The fourth-order valence-corrected chi connectivity index (χ4v) is 5.34. The van der Waals surface area contributed by atoms with Gasteiger partial charge in [0.15, 0.2) is 11.5 Å². The maximum absolute atomic E-state index is 12.8. The third-order valence-corrected chi connectivity index (χ3v) is 7.40. The van der Waals surface area contributed by atoms with Crippen molar-refractivity contribution in [2.45, 2.75) is 50.5 Å². The number of benzene rings is 3. The summed E-state index contributed by atoms with van der Waals surface area (Å²) in [5, 5.41) is 3.80. The van der Waals surface area contributed by atoms with Crippen LogP contribution in [0.3, 0.4) is 0 Å². The first-order valence-electron chi connectivity index (χ1n) is 12.7. The molecule has 5 nitrogen and oxygen atoms in total. The van der Waals surface area contributed by atoms with Gasteiger partial charge in [-0.2, -0.15) is 0 Å². The molecule has 0 bridgehead atoms. The number of nitrogens with one attached hydrogen (secondary N) is 1. The molecule has 0 radical (unpaired) electrons. The number of carbonyl (C=O) groups is 1. The summed E-state index contributed by atoms with van der Waals surface area (Å²) in [5.74, 6) is 3.25. The van der Waals surface area contributed by atoms with Gasteiger partial charge < -0.3 is 19.5 Å². The van der Waals surface area contributed by atoms with Crippen LogP contribution >= 0.6 is 11.6 Å². The van der Waals surface area contributed by atoms with Crippen LogP contribution in [0.1, 0.15) is 49.1 Å². The highest BCUT2D eigenvalue weighted by molar-refractivity contribution is 6.30. The molecule has 36 heavy (non-hydrogen) atoms. The number of amides is 1. The SMILES string of the molecule is COc1ccc([C@H]2CNC(=O)[C@H](Cc3cccc(Oc4ccc(Cl)cc4)c3)C2)cc1OC1CCCC1. The number of carbonyl (C=O) groups excluding carboxylic acids is 1. The van der Waals surface area contributed by atoms with E-state index in [0.717, 1.165) is 47.8 Å². The summed E-state index contributed by atoms with van der Waals surface area (Å²) in [5.41, 5.74) is 2.25. The predicted octanol–water partition coefficient (Wildman–Crippen LogP) is 6.92. The topological polar surface area (TPSA) is 56.8 Å². The maximum atomic E-state index is 12.8. The molecule has 0 unspecified atom stereocenters. The molecular weight excluding hydrogens is 474 g/mol. The summed E-state index contributed by atoms with van der Waals surface area (Å²) in [7, 11) is 1.68. The number of halogens is 1. The highest BCUT2D eigenvalue weighted by Crippen LogP contribution is 2.37. The van der Waals surface area contributed by atoms with Gasteiger partial charge in [0, 0.05) is 23.4 Å². The Balaban J connectivity index is 1.28. The molecule has 1 aliphatic carbocycles. The van der Waals surface area contributed by atoms with Gasteiger partial charge in [-0.15, -0.1) is 0 Å². The first-order valence-corrected chi connectivity index (χ1v) is 13.1. The minimum Gasteiger partial charge on any atom is -0.493 e. The summed E-state index contributed by atoms with van der Waals surface area (Å²) >= 11 is 5.97. The van der Waals surface area contributed by atoms with Crippen LogP contribution in [0.15, 0.2) is 66.7 Å². The Bertz CT molecular complexity index is 1190. The highest BCUT2D eigenvalue weighted by atomic mass is 35.5. The average Bonchev–Trinajstić information content (AvgIpc) is 3.40. The minimum atomic E-state index is -0.115. The van der Waals surface area contributed by atoms with Crippen molar-refractivity contribution in [1.29, 1.82) is 0 Å². The van der Waals surface area contributed by atoms with E-state index in [-0.39, 0.29) is 23.8 Å². The molecule has 5 rings (SSSR count). The van der Waals surface area contributed by atoms with E-state index < -0.39 is 0 Å². The van der Waals surface area contributed by atoms with Crippen molar-refractivity contribution in [3.8, 4) is 23.0 Å². The normalized spacial score (nSPS) is 20.1. The van der Waals surface area contributed by atoms with Crippen molar-refractivity contribution >= 4 is 17.5 Å². The van der Waals surface area contributed by atoms with E-state index in [1.54, 1.807) is 19.2 Å². The van der Waals surface area contributed by atoms with Crippen LogP contribution in [-0.4, -0.2) is 25.7 Å². The van der Waals surface area contributed by atoms with Gasteiger partial charge in [0.05, 0.1) is 13.2 Å². The molecule has 6 heteroatoms. The number of hydrogen-bond donors (Lipinski definition) is 1. The fourth-order valence-electron chi connectivity index (χ4n) is 5.22. The zero-order valence-corrected chi connectivity index (χ0v) is 21.3. The Kier molecular flexibility index (Phi) is 7.66. The van der Waals surface area contributed by atoms with Crippen LogP contribution in [0.4, 0.5) is 0 Å². The maximum Gasteiger partial charge on any atom is 0.223 e. The van der Waals surface area contributed by atoms with Crippen LogP contribution in [0, 0.1) is 5.92 Å². The third-order valence-electron chi connectivity index (χ3n) is 7.15. The van der Waals surface area contributed by atoms with E-state index >= 15 is 0 Å². The first kappa shape index (κ1) is 24.5. The molecule has 1 saturated carbocycles. The predicted molar refractivity (Wildman–Crippen MR) is 141 cm³/mol. The lowest BCUT2D eigenvalue weighted by atomic mass is 9.82. The molecule has 2 atom stereocenters. The van der Waals surface area contributed by atoms with Crippen molar-refractivity contribution in [1.82, 2.24) is 5.32 Å². The largest absolute Gasteiger partial charge is 0.493 e. The summed E-state index contributed by atoms with van der Waals surface area (Å²) in [6.45, 7) is 0.629. The lowest BCUT2D eigenvalue weighted by Crippen LogP contribution is -2.41. The van der Waals surface area contributed by atoms with E-state index in [9.17, 15) is 4.79 Å². The highest BCUT2D eigenvalue weighted by Gasteiger charge is 2.30. The van der Waals surface area contributed by atoms with E-state index in [4.69, 9.17) is 25.8 Å². The summed E-state index contributed by atoms with van der Waals surface area (Å²) in [6.07, 6.45) is 6.32. The summed E-state index contributed by atoms with van der Waals surface area (Å²) in [6, 6.07) is 21.4. The second-order valence-corrected chi connectivity index (χ2v) is 10.2. The molecule has 1 amide bonds. The minimum absolute atomic E-state index is 0.103. The Morgan fingerprint density at radius 2 is 1.75 bits per heavy atom. The quantitative estimate of drug-likeness (QED) is 0.361. The molecule has 188 valence electrons. The van der Waals surface area contributed by atoms with Gasteiger partial charge in [0.1, 0.15) is 11.5 Å². The van der Waals surface area contributed by atoms with Crippen LogP contribution < -0.4 is 19.5 Å². The standard InChI is InChI=1S/C30H32ClNO4/c1-34-28-14-9-21(18-29(28)36-25-6-2-3-7-25)23-17-22(30(33)32-19-23)15-20-5-4-8-27(16-20)35-26-12-10-24(31)11-13-26/h4-5,8-14,16,18,22-23,25H,2-3,6-7,15,17,19H2,1H3,(H,32,33)/t22-,23-/m1/s1. The van der Waals surface area contributed by atoms with Crippen molar-refractivity contribution in [2.75, 3.05) is 13.7 Å². The van der Waals surface area contributed by atoms with E-state index in [1.165, 1.54) is 18.4 Å². The molecule has 1 saturated heterocycles. The van der Waals surface area contributed by atoms with Crippen LogP contribution in [-0.2, 0) is 11.2 Å². The van der Waals surface area contributed by atoms with Gasteiger partial charge >= 0.3 is 0 Å². The number of piperidine rings is 1. The third kappa shape index (κ3) is 5.96. The van der Waals surface area contributed by atoms with Crippen LogP contribution in [0.2, 0.25) is 5.02 Å². The Hall–Kier alpha value is -3.18. The number of rotatable bonds is 8. The van der Waals surface area contributed by atoms with Crippen molar-refractivity contribution in [3.05, 3.63) is 82.9 Å². The Morgan fingerprint density at radius 1 is 0.944 bits per heavy atom. The summed E-state index contributed by atoms with van der Waals surface area (Å²) < 4.78 is 17.9. The molecule has 2 fully saturated rings. The van der Waals surface area contributed by atoms with Crippen molar-refractivity contribution < 1.29 is 19.0 Å². The van der Waals surface area contributed by atoms with E-state index in [2.05, 4.69) is 17.4 Å². The number of ether oxygens (including phenoxy) is 3. The molecule has 0 spiro atoms. The number of hydrogen-bond acceptors (Lipinski definition) is 4. The number of methoxy groups -OCH3 is 1. The first-order chi connectivity index (χ1) is 17.6.